The van der Waals surface area contributed by atoms with E-state index < -0.39 is 9.84 Å². The van der Waals surface area contributed by atoms with E-state index in [9.17, 15) is 13.2 Å². The first kappa shape index (κ1) is 19.9. The Morgan fingerprint density at radius 3 is 2.65 bits per heavy atom. The Bertz CT molecular complexity index is 634. The standard InChI is InChI=1S/C16H24N2O3S.ClH/c1-22(20,21)11-13-5-2-4-12(8-13)10-18-16(19)15-7-3-6-14(15)9-17;/h2,4-5,8,14-15H,3,6-7,9-11,17H2,1H3,(H,18,19);1H/t14-,15-;/m1./s1. The number of carbonyl (C=O) groups excluding carboxylic acids is 1. The largest absolute Gasteiger partial charge is 0.352 e. The van der Waals surface area contributed by atoms with E-state index in [0.29, 0.717) is 13.1 Å². The summed E-state index contributed by atoms with van der Waals surface area (Å²) in [4.78, 5) is 12.2. The lowest BCUT2D eigenvalue weighted by Gasteiger charge is -2.17. The molecule has 1 aliphatic rings. The normalized spacial score (nSPS) is 20.8. The molecule has 1 amide bonds. The quantitative estimate of drug-likeness (QED) is 0.807. The Labute approximate surface area is 144 Å². The van der Waals surface area contributed by atoms with Crippen molar-refractivity contribution in [2.45, 2.75) is 31.6 Å². The van der Waals surface area contributed by atoms with Gasteiger partial charge in [-0.05, 0) is 36.4 Å². The first-order chi connectivity index (χ1) is 10.4. The molecule has 130 valence electrons. The van der Waals surface area contributed by atoms with E-state index in [0.717, 1.165) is 30.4 Å². The summed E-state index contributed by atoms with van der Waals surface area (Å²) in [5, 5.41) is 2.95. The van der Waals surface area contributed by atoms with Gasteiger partial charge in [-0.15, -0.1) is 12.4 Å². The Hall–Kier alpha value is -1.11. The molecule has 1 aliphatic carbocycles. The van der Waals surface area contributed by atoms with Crippen LogP contribution >= 0.6 is 12.4 Å². The zero-order valence-corrected chi connectivity index (χ0v) is 15.0. The van der Waals surface area contributed by atoms with Crippen LogP contribution in [0.5, 0.6) is 0 Å². The van der Waals surface area contributed by atoms with E-state index in [2.05, 4.69) is 5.32 Å². The van der Waals surface area contributed by atoms with Crippen molar-refractivity contribution in [3.8, 4) is 0 Å². The molecule has 7 heteroatoms. The van der Waals surface area contributed by atoms with Gasteiger partial charge in [0.15, 0.2) is 9.84 Å². The van der Waals surface area contributed by atoms with E-state index in [1.165, 1.54) is 6.26 Å². The molecule has 0 heterocycles. The summed E-state index contributed by atoms with van der Waals surface area (Å²) in [5.41, 5.74) is 7.37. The molecule has 2 rings (SSSR count). The summed E-state index contributed by atoms with van der Waals surface area (Å²) < 4.78 is 22.7. The van der Waals surface area contributed by atoms with Crippen molar-refractivity contribution < 1.29 is 13.2 Å². The first-order valence-electron chi connectivity index (χ1n) is 7.62. The Balaban J connectivity index is 0.00000264. The number of rotatable bonds is 6. The van der Waals surface area contributed by atoms with Crippen LogP contribution in [0.1, 0.15) is 30.4 Å². The van der Waals surface area contributed by atoms with Crippen molar-refractivity contribution in [1.29, 1.82) is 0 Å². The molecule has 0 aromatic heterocycles. The second-order valence-electron chi connectivity index (χ2n) is 6.14. The SMILES string of the molecule is CS(=O)(=O)Cc1cccc(CNC(=O)[C@@H]2CCC[C@@H]2CN)c1.Cl. The van der Waals surface area contributed by atoms with E-state index in [-0.39, 0.29) is 35.9 Å². The summed E-state index contributed by atoms with van der Waals surface area (Å²) in [6.07, 6.45) is 4.21. The molecule has 1 fully saturated rings. The van der Waals surface area contributed by atoms with Gasteiger partial charge in [-0.1, -0.05) is 30.7 Å². The van der Waals surface area contributed by atoms with E-state index >= 15 is 0 Å². The highest BCUT2D eigenvalue weighted by Gasteiger charge is 2.31. The smallest absolute Gasteiger partial charge is 0.223 e. The predicted molar refractivity (Wildman–Crippen MR) is 94.0 cm³/mol. The van der Waals surface area contributed by atoms with Gasteiger partial charge < -0.3 is 11.1 Å². The molecule has 0 bridgehead atoms. The number of hydrogen-bond donors (Lipinski definition) is 2. The monoisotopic (exact) mass is 360 g/mol. The molecule has 5 nitrogen and oxygen atoms in total. The Morgan fingerprint density at radius 1 is 1.30 bits per heavy atom. The van der Waals surface area contributed by atoms with Crippen LogP contribution in [-0.2, 0) is 26.9 Å². The van der Waals surface area contributed by atoms with Gasteiger partial charge in [0.25, 0.3) is 0 Å². The van der Waals surface area contributed by atoms with Crippen LogP contribution in [0.15, 0.2) is 24.3 Å². The van der Waals surface area contributed by atoms with Gasteiger partial charge in [-0.2, -0.15) is 0 Å². The van der Waals surface area contributed by atoms with Crippen molar-refractivity contribution in [2.24, 2.45) is 17.6 Å². The second kappa shape index (κ2) is 8.66. The van der Waals surface area contributed by atoms with Gasteiger partial charge in [0, 0.05) is 18.7 Å². The van der Waals surface area contributed by atoms with Gasteiger partial charge in [0.1, 0.15) is 0 Å². The summed E-state index contributed by atoms with van der Waals surface area (Å²) >= 11 is 0. The van der Waals surface area contributed by atoms with Crippen LogP contribution in [-0.4, -0.2) is 27.1 Å². The molecule has 1 saturated carbocycles. The summed E-state index contributed by atoms with van der Waals surface area (Å²) in [6.45, 7) is 0.978. The first-order valence-corrected chi connectivity index (χ1v) is 9.68. The molecular weight excluding hydrogens is 336 g/mol. The molecule has 2 atom stereocenters. The van der Waals surface area contributed by atoms with Crippen LogP contribution in [0.2, 0.25) is 0 Å². The van der Waals surface area contributed by atoms with E-state index in [4.69, 9.17) is 5.73 Å². The lowest BCUT2D eigenvalue weighted by molar-refractivity contribution is -0.126. The molecule has 1 aromatic rings. The van der Waals surface area contributed by atoms with Crippen LogP contribution in [0.4, 0.5) is 0 Å². The average Bonchev–Trinajstić information content (AvgIpc) is 2.92. The number of halogens is 1. The molecule has 3 N–H and O–H groups in total. The van der Waals surface area contributed by atoms with Crippen molar-refractivity contribution in [2.75, 3.05) is 12.8 Å². The third-order valence-electron chi connectivity index (χ3n) is 4.19. The molecule has 0 aliphatic heterocycles. The van der Waals surface area contributed by atoms with Gasteiger partial charge in [-0.25, -0.2) is 8.42 Å². The Morgan fingerprint density at radius 2 is 2.00 bits per heavy atom. The van der Waals surface area contributed by atoms with Gasteiger partial charge in [-0.3, -0.25) is 4.79 Å². The molecule has 1 aromatic carbocycles. The van der Waals surface area contributed by atoms with Crippen molar-refractivity contribution in [1.82, 2.24) is 5.32 Å². The van der Waals surface area contributed by atoms with Crippen molar-refractivity contribution in [3.63, 3.8) is 0 Å². The topological polar surface area (TPSA) is 89.3 Å². The third-order valence-corrected chi connectivity index (χ3v) is 5.04. The van der Waals surface area contributed by atoms with Crippen LogP contribution in [0.3, 0.4) is 0 Å². The fraction of sp³-hybridized carbons (Fsp3) is 0.562. The zero-order valence-electron chi connectivity index (χ0n) is 13.3. The fourth-order valence-corrected chi connectivity index (χ4v) is 3.90. The number of hydrogen-bond acceptors (Lipinski definition) is 4. The minimum Gasteiger partial charge on any atom is -0.352 e. The molecule has 0 radical (unpaired) electrons. The van der Waals surface area contributed by atoms with Crippen LogP contribution in [0.25, 0.3) is 0 Å². The number of nitrogens with one attached hydrogen (secondary N) is 1. The van der Waals surface area contributed by atoms with Crippen LogP contribution in [0, 0.1) is 11.8 Å². The number of carbonyl (C=O) groups is 1. The number of benzene rings is 1. The van der Waals surface area contributed by atoms with E-state index in [1.807, 2.05) is 18.2 Å². The third kappa shape index (κ3) is 6.12. The van der Waals surface area contributed by atoms with E-state index in [1.54, 1.807) is 6.07 Å². The molecule has 0 spiro atoms. The molecular formula is C16H25ClN2O3S. The number of sulfone groups is 1. The maximum atomic E-state index is 12.2. The highest BCUT2D eigenvalue weighted by atomic mass is 35.5. The van der Waals surface area contributed by atoms with Crippen molar-refractivity contribution in [3.05, 3.63) is 35.4 Å². The maximum absolute atomic E-state index is 12.2. The Kier molecular flexibility index (Phi) is 7.51. The predicted octanol–water partition coefficient (Wildman–Crippen LogP) is 1.64. The maximum Gasteiger partial charge on any atom is 0.223 e. The molecule has 0 unspecified atom stereocenters. The number of amides is 1. The molecule has 0 saturated heterocycles. The highest BCUT2D eigenvalue weighted by Crippen LogP contribution is 2.30. The second-order valence-corrected chi connectivity index (χ2v) is 8.28. The van der Waals surface area contributed by atoms with Gasteiger partial charge in [0.05, 0.1) is 5.75 Å². The minimum atomic E-state index is -3.05. The zero-order chi connectivity index (χ0) is 16.2. The van der Waals surface area contributed by atoms with Crippen LogP contribution < -0.4 is 11.1 Å². The van der Waals surface area contributed by atoms with Crippen molar-refractivity contribution >= 4 is 28.2 Å². The minimum absolute atomic E-state index is 0. The summed E-state index contributed by atoms with van der Waals surface area (Å²) in [5.74, 6) is 0.384. The van der Waals surface area contributed by atoms with Gasteiger partial charge >= 0.3 is 0 Å². The summed E-state index contributed by atoms with van der Waals surface area (Å²) in [7, 11) is -3.05. The molecule has 23 heavy (non-hydrogen) atoms. The summed E-state index contributed by atoms with van der Waals surface area (Å²) in [6, 6.07) is 7.32. The highest BCUT2D eigenvalue weighted by molar-refractivity contribution is 7.89. The number of nitrogens with two attached hydrogens (primary N) is 1. The lowest BCUT2D eigenvalue weighted by Crippen LogP contribution is -2.34. The average molecular weight is 361 g/mol. The van der Waals surface area contributed by atoms with Gasteiger partial charge in [0.2, 0.25) is 5.91 Å². The lowest BCUT2D eigenvalue weighted by atomic mass is 9.95. The fourth-order valence-electron chi connectivity index (χ4n) is 3.12.